The summed E-state index contributed by atoms with van der Waals surface area (Å²) in [6, 6.07) is 0. The summed E-state index contributed by atoms with van der Waals surface area (Å²) >= 11 is 0. The van der Waals surface area contributed by atoms with E-state index >= 15 is 0 Å². The Labute approximate surface area is 121 Å². The van der Waals surface area contributed by atoms with Crippen LogP contribution in [0.2, 0.25) is 0 Å². The summed E-state index contributed by atoms with van der Waals surface area (Å²) in [5.41, 5.74) is -0.461. The predicted molar refractivity (Wildman–Crippen MR) is 77.3 cm³/mol. The molecule has 4 nitrogen and oxygen atoms in total. The Morgan fingerprint density at radius 1 is 1.25 bits per heavy atom. The molecule has 1 saturated carbocycles. The molecule has 4 heteroatoms. The van der Waals surface area contributed by atoms with Crippen LogP contribution in [0.5, 0.6) is 0 Å². The average molecular weight is 284 g/mol. The van der Waals surface area contributed by atoms with E-state index in [2.05, 4.69) is 13.8 Å². The van der Waals surface area contributed by atoms with Crippen molar-refractivity contribution in [1.82, 2.24) is 0 Å². The standard InChI is InChI=1S/C16H28O4/c1-11(2)8-9-16(3,4)20-15(19)13-7-5-6-12(10-13)14(17)18/h11-13H,5-10H2,1-4H3,(H,17,18). The fourth-order valence-corrected chi connectivity index (χ4v) is 2.67. The van der Waals surface area contributed by atoms with E-state index in [9.17, 15) is 9.59 Å². The smallest absolute Gasteiger partial charge is 0.309 e. The lowest BCUT2D eigenvalue weighted by Crippen LogP contribution is -2.35. The van der Waals surface area contributed by atoms with E-state index in [1.165, 1.54) is 0 Å². The second-order valence-corrected chi connectivity index (χ2v) is 7.01. The molecule has 2 unspecified atom stereocenters. The summed E-state index contributed by atoms with van der Waals surface area (Å²) in [6.45, 7) is 8.17. The van der Waals surface area contributed by atoms with Crippen LogP contribution < -0.4 is 0 Å². The molecule has 1 rings (SSSR count). The third-order valence-electron chi connectivity index (χ3n) is 4.06. The summed E-state index contributed by atoms with van der Waals surface area (Å²) in [5.74, 6) is -1.06. The summed E-state index contributed by atoms with van der Waals surface area (Å²) in [5, 5.41) is 9.06. The molecule has 0 heterocycles. The van der Waals surface area contributed by atoms with Gasteiger partial charge in [-0.2, -0.15) is 0 Å². The van der Waals surface area contributed by atoms with Gasteiger partial charge in [0.15, 0.2) is 0 Å². The highest BCUT2D eigenvalue weighted by Crippen LogP contribution is 2.32. The van der Waals surface area contributed by atoms with Crippen LogP contribution >= 0.6 is 0 Å². The Kier molecular flexibility index (Phi) is 6.03. The van der Waals surface area contributed by atoms with Gasteiger partial charge in [-0.25, -0.2) is 0 Å². The summed E-state index contributed by atoms with van der Waals surface area (Å²) < 4.78 is 5.62. The first-order valence-corrected chi connectivity index (χ1v) is 7.67. The van der Waals surface area contributed by atoms with Crippen molar-refractivity contribution in [3.05, 3.63) is 0 Å². The van der Waals surface area contributed by atoms with Crippen molar-refractivity contribution in [2.24, 2.45) is 17.8 Å². The molecular formula is C16H28O4. The van der Waals surface area contributed by atoms with E-state index in [4.69, 9.17) is 9.84 Å². The minimum Gasteiger partial charge on any atom is -0.481 e. The fourth-order valence-electron chi connectivity index (χ4n) is 2.67. The van der Waals surface area contributed by atoms with Crippen LogP contribution in [0.3, 0.4) is 0 Å². The van der Waals surface area contributed by atoms with Crippen molar-refractivity contribution in [1.29, 1.82) is 0 Å². The van der Waals surface area contributed by atoms with E-state index in [1.54, 1.807) is 0 Å². The maximum atomic E-state index is 12.2. The largest absolute Gasteiger partial charge is 0.481 e. The molecule has 2 atom stereocenters. The minimum atomic E-state index is -0.790. The van der Waals surface area contributed by atoms with E-state index in [1.807, 2.05) is 13.8 Å². The van der Waals surface area contributed by atoms with Crippen molar-refractivity contribution >= 4 is 11.9 Å². The monoisotopic (exact) mass is 284 g/mol. The van der Waals surface area contributed by atoms with Gasteiger partial charge in [-0.3, -0.25) is 9.59 Å². The van der Waals surface area contributed by atoms with Gasteiger partial charge in [-0.1, -0.05) is 20.3 Å². The SMILES string of the molecule is CC(C)CCC(C)(C)OC(=O)C1CCCC(C(=O)O)C1. The molecule has 0 aliphatic heterocycles. The Bertz CT molecular complexity index is 346. The van der Waals surface area contributed by atoms with Gasteiger partial charge in [-0.15, -0.1) is 0 Å². The number of esters is 1. The summed E-state index contributed by atoms with van der Waals surface area (Å²) in [7, 11) is 0. The van der Waals surface area contributed by atoms with Gasteiger partial charge in [0.2, 0.25) is 0 Å². The molecule has 0 saturated heterocycles. The van der Waals surface area contributed by atoms with E-state index in [0.29, 0.717) is 18.8 Å². The van der Waals surface area contributed by atoms with Crippen molar-refractivity contribution in [3.8, 4) is 0 Å². The maximum absolute atomic E-state index is 12.2. The van der Waals surface area contributed by atoms with Crippen molar-refractivity contribution in [3.63, 3.8) is 0 Å². The second kappa shape index (κ2) is 7.09. The molecule has 1 fully saturated rings. The van der Waals surface area contributed by atoms with Crippen LogP contribution in [0.25, 0.3) is 0 Å². The highest BCUT2D eigenvalue weighted by Gasteiger charge is 2.34. The highest BCUT2D eigenvalue weighted by atomic mass is 16.6. The number of rotatable bonds is 6. The zero-order chi connectivity index (χ0) is 15.3. The van der Waals surface area contributed by atoms with Crippen molar-refractivity contribution < 1.29 is 19.4 Å². The van der Waals surface area contributed by atoms with Crippen LogP contribution in [-0.4, -0.2) is 22.6 Å². The topological polar surface area (TPSA) is 63.6 Å². The Morgan fingerprint density at radius 3 is 2.40 bits per heavy atom. The summed E-state index contributed by atoms with van der Waals surface area (Å²) in [4.78, 5) is 23.2. The van der Waals surface area contributed by atoms with Gasteiger partial charge in [0.1, 0.15) is 5.60 Å². The van der Waals surface area contributed by atoms with Crippen LogP contribution in [0.15, 0.2) is 0 Å². The number of hydrogen-bond acceptors (Lipinski definition) is 3. The third kappa shape index (κ3) is 5.51. The highest BCUT2D eigenvalue weighted by molar-refractivity contribution is 5.75. The van der Waals surface area contributed by atoms with Gasteiger partial charge in [0, 0.05) is 0 Å². The Hall–Kier alpha value is -1.06. The molecule has 1 aliphatic carbocycles. The maximum Gasteiger partial charge on any atom is 0.309 e. The predicted octanol–water partition coefficient (Wildman–Crippen LogP) is 3.64. The van der Waals surface area contributed by atoms with Crippen molar-refractivity contribution in [2.45, 2.75) is 71.8 Å². The lowest BCUT2D eigenvalue weighted by molar-refractivity contribution is -0.165. The number of aliphatic carboxylic acids is 1. The number of carboxylic acid groups (broad SMARTS) is 1. The quantitative estimate of drug-likeness (QED) is 0.756. The minimum absolute atomic E-state index is 0.218. The average Bonchev–Trinajstić information content (AvgIpc) is 2.36. The van der Waals surface area contributed by atoms with Gasteiger partial charge in [0.25, 0.3) is 0 Å². The molecule has 116 valence electrons. The van der Waals surface area contributed by atoms with E-state index < -0.39 is 11.6 Å². The molecule has 20 heavy (non-hydrogen) atoms. The van der Waals surface area contributed by atoms with Gasteiger partial charge in [-0.05, 0) is 51.9 Å². The first-order chi connectivity index (χ1) is 9.21. The van der Waals surface area contributed by atoms with Crippen LogP contribution in [-0.2, 0) is 14.3 Å². The zero-order valence-corrected chi connectivity index (χ0v) is 13.1. The normalized spacial score (nSPS) is 23.6. The fraction of sp³-hybridized carbons (Fsp3) is 0.875. The number of carbonyl (C=O) groups excluding carboxylic acids is 1. The Morgan fingerprint density at radius 2 is 1.85 bits per heavy atom. The zero-order valence-electron chi connectivity index (χ0n) is 13.1. The van der Waals surface area contributed by atoms with Gasteiger partial charge < -0.3 is 9.84 Å². The number of hydrogen-bond donors (Lipinski definition) is 1. The Balaban J connectivity index is 2.50. The molecule has 0 aromatic heterocycles. The van der Waals surface area contributed by atoms with Gasteiger partial charge in [0.05, 0.1) is 11.8 Å². The lowest BCUT2D eigenvalue weighted by Gasteiger charge is -2.31. The van der Waals surface area contributed by atoms with Crippen LogP contribution in [0, 0.1) is 17.8 Å². The van der Waals surface area contributed by atoms with E-state index in [-0.39, 0.29) is 17.8 Å². The van der Waals surface area contributed by atoms with E-state index in [0.717, 1.165) is 25.7 Å². The molecule has 0 aromatic rings. The molecular weight excluding hydrogens is 256 g/mol. The van der Waals surface area contributed by atoms with Gasteiger partial charge >= 0.3 is 11.9 Å². The number of carboxylic acids is 1. The second-order valence-electron chi connectivity index (χ2n) is 7.01. The van der Waals surface area contributed by atoms with Crippen LogP contribution in [0.1, 0.15) is 66.2 Å². The molecule has 0 spiro atoms. The molecule has 0 radical (unpaired) electrons. The van der Waals surface area contributed by atoms with Crippen molar-refractivity contribution in [2.75, 3.05) is 0 Å². The molecule has 0 amide bonds. The third-order valence-corrected chi connectivity index (χ3v) is 4.06. The molecule has 0 bridgehead atoms. The lowest BCUT2D eigenvalue weighted by atomic mass is 9.81. The number of ether oxygens (including phenoxy) is 1. The molecule has 1 aliphatic rings. The molecule has 0 aromatic carbocycles. The molecule has 1 N–H and O–H groups in total. The first-order valence-electron chi connectivity index (χ1n) is 7.67. The summed E-state index contributed by atoms with van der Waals surface area (Å²) in [6.07, 6.45) is 4.50. The number of carbonyl (C=O) groups is 2. The van der Waals surface area contributed by atoms with Crippen LogP contribution in [0.4, 0.5) is 0 Å². The first kappa shape index (κ1) is 17.0.